The van der Waals surface area contributed by atoms with Crippen molar-refractivity contribution < 1.29 is 14.6 Å². The minimum Gasteiger partial charge on any atom is -0.508 e. The maximum absolute atomic E-state index is 9.98. The number of anilines is 1. The van der Waals surface area contributed by atoms with Gasteiger partial charge in [0.05, 0.1) is 19.4 Å². The number of hydrogen-bond donors (Lipinski definition) is 2. The van der Waals surface area contributed by atoms with Gasteiger partial charge in [-0.2, -0.15) is 0 Å². The Kier molecular flexibility index (Phi) is 5.62. The Labute approximate surface area is 142 Å². The highest BCUT2D eigenvalue weighted by Crippen LogP contribution is 2.25. The third kappa shape index (κ3) is 4.58. The fourth-order valence-electron chi connectivity index (χ4n) is 2.16. The molecule has 0 saturated heterocycles. The molecule has 130 valence electrons. The van der Waals surface area contributed by atoms with Crippen LogP contribution in [0.2, 0.25) is 0 Å². The lowest BCUT2D eigenvalue weighted by Crippen LogP contribution is -2.18. The normalized spacial score (nSPS) is 11.4. The van der Waals surface area contributed by atoms with Gasteiger partial charge in [-0.25, -0.2) is 9.97 Å². The van der Waals surface area contributed by atoms with Crippen LogP contribution in [0, 0.1) is 0 Å². The van der Waals surface area contributed by atoms with E-state index in [9.17, 15) is 5.11 Å². The van der Waals surface area contributed by atoms with Gasteiger partial charge in [0.1, 0.15) is 23.1 Å². The van der Waals surface area contributed by atoms with Gasteiger partial charge in [-0.15, -0.1) is 0 Å². The minimum atomic E-state index is -0.168. The van der Waals surface area contributed by atoms with E-state index in [0.717, 1.165) is 17.1 Å². The molecule has 6 heteroatoms. The van der Waals surface area contributed by atoms with Crippen molar-refractivity contribution in [1.82, 2.24) is 9.97 Å². The predicted octanol–water partition coefficient (Wildman–Crippen LogP) is 3.25. The number of hydrogen-bond acceptors (Lipinski definition) is 6. The monoisotopic (exact) mass is 331 g/mol. The molecule has 0 bridgehead atoms. The van der Waals surface area contributed by atoms with E-state index >= 15 is 0 Å². The number of aromatic hydroxyl groups is 1. The fraction of sp³-hybridized carbons (Fsp3) is 0.444. The quantitative estimate of drug-likeness (QED) is 0.846. The number of nitrogens with one attached hydrogen (secondary N) is 1. The zero-order valence-electron chi connectivity index (χ0n) is 14.9. The smallest absolute Gasteiger partial charge is 0.136 e. The zero-order valence-corrected chi connectivity index (χ0v) is 14.9. The van der Waals surface area contributed by atoms with E-state index in [1.54, 1.807) is 32.4 Å². The summed E-state index contributed by atoms with van der Waals surface area (Å²) >= 11 is 0. The molecule has 0 spiro atoms. The topological polar surface area (TPSA) is 76.5 Å². The van der Waals surface area contributed by atoms with Gasteiger partial charge in [0.2, 0.25) is 0 Å². The summed E-state index contributed by atoms with van der Waals surface area (Å²) < 4.78 is 10.4. The summed E-state index contributed by atoms with van der Waals surface area (Å²) in [6.07, 6.45) is 0. The first-order valence-electron chi connectivity index (χ1n) is 7.80. The lowest BCUT2D eigenvalue weighted by atomic mass is 9.95. The number of rotatable bonds is 6. The highest BCUT2D eigenvalue weighted by Gasteiger charge is 2.19. The highest BCUT2D eigenvalue weighted by molar-refractivity contribution is 5.43. The Morgan fingerprint density at radius 3 is 2.50 bits per heavy atom. The number of ether oxygens (including phenoxy) is 2. The van der Waals surface area contributed by atoms with Crippen LogP contribution in [-0.4, -0.2) is 29.3 Å². The summed E-state index contributed by atoms with van der Waals surface area (Å²) in [6.45, 7) is 7.05. The Balaban J connectivity index is 2.24. The van der Waals surface area contributed by atoms with Crippen LogP contribution in [-0.2, 0) is 23.3 Å². The van der Waals surface area contributed by atoms with E-state index < -0.39 is 0 Å². The van der Waals surface area contributed by atoms with Crippen LogP contribution >= 0.6 is 0 Å². The molecule has 24 heavy (non-hydrogen) atoms. The Hall–Kier alpha value is -2.34. The van der Waals surface area contributed by atoms with Gasteiger partial charge >= 0.3 is 0 Å². The standard InChI is InChI=1S/C18H25N3O3/c1-18(2,3)17-20-13(11-23-4)9-16(21-17)19-10-12-8-14(24-5)6-7-15(12)22/h6-9,22H,10-11H2,1-5H3,(H,19,20,21). The first-order valence-corrected chi connectivity index (χ1v) is 7.80. The molecule has 0 aliphatic heterocycles. The molecular formula is C18H25N3O3. The fourth-order valence-corrected chi connectivity index (χ4v) is 2.16. The molecule has 1 aromatic carbocycles. The molecule has 0 amide bonds. The van der Waals surface area contributed by atoms with Crippen molar-refractivity contribution in [3.8, 4) is 11.5 Å². The van der Waals surface area contributed by atoms with Crippen LogP contribution in [0.25, 0.3) is 0 Å². The largest absolute Gasteiger partial charge is 0.508 e. The van der Waals surface area contributed by atoms with Gasteiger partial charge in [0, 0.05) is 30.7 Å². The van der Waals surface area contributed by atoms with E-state index in [2.05, 4.69) is 36.1 Å². The number of nitrogens with zero attached hydrogens (tertiary/aromatic N) is 2. The number of phenols is 1. The van der Waals surface area contributed by atoms with Crippen molar-refractivity contribution in [3.05, 3.63) is 41.3 Å². The van der Waals surface area contributed by atoms with E-state index in [0.29, 0.717) is 24.7 Å². The molecule has 0 fully saturated rings. The van der Waals surface area contributed by atoms with E-state index in [1.165, 1.54) is 0 Å². The lowest BCUT2D eigenvalue weighted by molar-refractivity contribution is 0.181. The van der Waals surface area contributed by atoms with Crippen molar-refractivity contribution in [2.75, 3.05) is 19.5 Å². The first kappa shape index (κ1) is 18.0. The molecule has 1 aromatic heterocycles. The molecule has 0 saturated carbocycles. The zero-order chi connectivity index (χ0) is 17.7. The molecule has 0 aliphatic rings. The van der Waals surface area contributed by atoms with Gasteiger partial charge in [-0.1, -0.05) is 20.8 Å². The van der Waals surface area contributed by atoms with E-state index in [-0.39, 0.29) is 11.2 Å². The molecule has 0 aliphatic carbocycles. The van der Waals surface area contributed by atoms with Crippen LogP contribution in [0.1, 0.15) is 37.9 Å². The molecular weight excluding hydrogens is 306 g/mol. The van der Waals surface area contributed by atoms with Crippen molar-refractivity contribution >= 4 is 5.82 Å². The van der Waals surface area contributed by atoms with Crippen LogP contribution in [0.15, 0.2) is 24.3 Å². The van der Waals surface area contributed by atoms with Gasteiger partial charge in [0.25, 0.3) is 0 Å². The van der Waals surface area contributed by atoms with Crippen molar-refractivity contribution in [3.63, 3.8) is 0 Å². The molecule has 0 atom stereocenters. The average Bonchev–Trinajstić information content (AvgIpc) is 2.53. The second-order valence-corrected chi connectivity index (χ2v) is 6.60. The summed E-state index contributed by atoms with van der Waals surface area (Å²) in [5.41, 5.74) is 1.38. The van der Waals surface area contributed by atoms with Crippen molar-refractivity contribution in [2.45, 2.75) is 39.3 Å². The van der Waals surface area contributed by atoms with Crippen LogP contribution in [0.5, 0.6) is 11.5 Å². The van der Waals surface area contributed by atoms with Gasteiger partial charge in [-0.3, -0.25) is 0 Å². The lowest BCUT2D eigenvalue weighted by Gasteiger charge is -2.19. The molecule has 1 heterocycles. The minimum absolute atomic E-state index is 0.168. The summed E-state index contributed by atoms with van der Waals surface area (Å²) in [4.78, 5) is 9.13. The predicted molar refractivity (Wildman–Crippen MR) is 93.4 cm³/mol. The van der Waals surface area contributed by atoms with Gasteiger partial charge in [-0.05, 0) is 18.2 Å². The van der Waals surface area contributed by atoms with E-state index in [1.807, 2.05) is 6.07 Å². The van der Waals surface area contributed by atoms with Crippen molar-refractivity contribution in [2.24, 2.45) is 0 Å². The maximum Gasteiger partial charge on any atom is 0.136 e. The number of aromatic nitrogens is 2. The summed E-state index contributed by atoms with van der Waals surface area (Å²) in [7, 11) is 3.24. The first-order chi connectivity index (χ1) is 11.3. The average molecular weight is 331 g/mol. The van der Waals surface area contributed by atoms with Crippen LogP contribution in [0.3, 0.4) is 0 Å². The third-order valence-corrected chi connectivity index (χ3v) is 3.49. The van der Waals surface area contributed by atoms with Crippen molar-refractivity contribution in [1.29, 1.82) is 0 Å². The molecule has 0 unspecified atom stereocenters. The summed E-state index contributed by atoms with van der Waals surface area (Å²) in [6, 6.07) is 6.99. The molecule has 2 rings (SSSR count). The van der Waals surface area contributed by atoms with E-state index in [4.69, 9.17) is 9.47 Å². The Bertz CT molecular complexity index is 696. The maximum atomic E-state index is 9.98. The summed E-state index contributed by atoms with van der Waals surface area (Å²) in [5.74, 6) is 2.35. The van der Waals surface area contributed by atoms with Gasteiger partial charge in [0.15, 0.2) is 0 Å². The third-order valence-electron chi connectivity index (χ3n) is 3.49. The highest BCUT2D eigenvalue weighted by atomic mass is 16.5. The molecule has 2 N–H and O–H groups in total. The second kappa shape index (κ2) is 7.49. The Morgan fingerprint density at radius 1 is 1.12 bits per heavy atom. The molecule has 0 radical (unpaired) electrons. The number of methoxy groups -OCH3 is 2. The van der Waals surface area contributed by atoms with Crippen LogP contribution in [0.4, 0.5) is 5.82 Å². The number of benzene rings is 1. The van der Waals surface area contributed by atoms with Gasteiger partial charge < -0.3 is 19.9 Å². The molecule has 2 aromatic rings. The second-order valence-electron chi connectivity index (χ2n) is 6.60. The Morgan fingerprint density at radius 2 is 1.88 bits per heavy atom. The SMILES string of the molecule is COCc1cc(NCc2cc(OC)ccc2O)nc(C(C)(C)C)n1. The summed E-state index contributed by atoms with van der Waals surface area (Å²) in [5, 5.41) is 13.2. The molecule has 6 nitrogen and oxygen atoms in total. The number of phenolic OH excluding ortho intramolecular Hbond substituents is 1. The van der Waals surface area contributed by atoms with Crippen LogP contribution < -0.4 is 10.1 Å².